The molecule has 4 rings (SSSR count). The second-order valence-electron chi connectivity index (χ2n) is 9.26. The van der Waals surface area contributed by atoms with Crippen LogP contribution < -0.4 is 0 Å². The molecule has 1 aliphatic heterocycles. The summed E-state index contributed by atoms with van der Waals surface area (Å²) in [5.74, 6) is 0.346. The fraction of sp³-hybridized carbons (Fsp3) is 0.400. The molecule has 0 aliphatic carbocycles. The molecule has 2 aromatic carbocycles. The molecule has 7 nitrogen and oxygen atoms in total. The van der Waals surface area contributed by atoms with Crippen LogP contribution >= 0.6 is 23.4 Å². The summed E-state index contributed by atoms with van der Waals surface area (Å²) in [5, 5.41) is 6.02. The number of aromatic nitrogens is 2. The lowest BCUT2D eigenvalue weighted by Crippen LogP contribution is -2.43. The Balaban J connectivity index is 1.61. The SMILES string of the molecule is COC(=O)[C@@H]1C[C@@H](n2ncc3c(Cl)cc(SCc4ccccc4)cc32)CN1C(=O)OC(C)(C)C. The van der Waals surface area contributed by atoms with E-state index < -0.39 is 23.7 Å². The first kappa shape index (κ1) is 24.4. The Morgan fingerprint density at radius 1 is 1.21 bits per heavy atom. The molecule has 2 atom stereocenters. The van der Waals surface area contributed by atoms with Crippen molar-refractivity contribution < 1.29 is 19.1 Å². The van der Waals surface area contributed by atoms with Crippen molar-refractivity contribution in [2.45, 2.75) is 55.5 Å². The van der Waals surface area contributed by atoms with E-state index in [0.29, 0.717) is 11.4 Å². The number of halogens is 1. The molecule has 1 amide bonds. The van der Waals surface area contributed by atoms with Gasteiger partial charge in [-0.05, 0) is 38.5 Å². The minimum absolute atomic E-state index is 0.223. The molecule has 0 spiro atoms. The Bertz CT molecular complexity index is 1190. The largest absolute Gasteiger partial charge is 0.467 e. The standard InChI is InChI=1S/C25H28ClN3O4S/c1-25(2,3)33-24(31)28-14-17(10-22(28)23(30)32-4)29-21-12-18(11-20(26)19(21)13-27-29)34-15-16-8-6-5-7-9-16/h5-9,11-13,17,22H,10,14-15H2,1-4H3/t17-,22+/m1/s1. The second-order valence-corrected chi connectivity index (χ2v) is 10.7. The summed E-state index contributed by atoms with van der Waals surface area (Å²) in [5.41, 5.74) is 1.41. The maximum Gasteiger partial charge on any atom is 0.411 e. The Hall–Kier alpha value is -2.71. The number of hydrogen-bond acceptors (Lipinski definition) is 6. The molecule has 0 radical (unpaired) electrons. The van der Waals surface area contributed by atoms with E-state index in [1.54, 1.807) is 38.7 Å². The number of hydrogen-bond donors (Lipinski definition) is 0. The van der Waals surface area contributed by atoms with Gasteiger partial charge in [-0.1, -0.05) is 41.9 Å². The average Bonchev–Trinajstić information content (AvgIpc) is 3.41. The number of carbonyl (C=O) groups is 2. The van der Waals surface area contributed by atoms with E-state index in [0.717, 1.165) is 21.6 Å². The van der Waals surface area contributed by atoms with Gasteiger partial charge in [-0.3, -0.25) is 9.58 Å². The first-order valence-electron chi connectivity index (χ1n) is 11.1. The van der Waals surface area contributed by atoms with Gasteiger partial charge in [0.1, 0.15) is 11.6 Å². The highest BCUT2D eigenvalue weighted by atomic mass is 35.5. The van der Waals surface area contributed by atoms with E-state index in [2.05, 4.69) is 23.3 Å². The molecule has 1 aromatic heterocycles. The highest BCUT2D eigenvalue weighted by molar-refractivity contribution is 7.98. The van der Waals surface area contributed by atoms with Gasteiger partial charge < -0.3 is 9.47 Å². The molecule has 180 valence electrons. The van der Waals surface area contributed by atoms with Crippen molar-refractivity contribution in [3.63, 3.8) is 0 Å². The summed E-state index contributed by atoms with van der Waals surface area (Å²) in [7, 11) is 1.32. The molecule has 34 heavy (non-hydrogen) atoms. The lowest BCUT2D eigenvalue weighted by Gasteiger charge is -2.27. The number of amides is 1. The van der Waals surface area contributed by atoms with Crippen LogP contribution in [0.4, 0.5) is 4.79 Å². The average molecular weight is 502 g/mol. The van der Waals surface area contributed by atoms with Crippen molar-refractivity contribution >= 4 is 46.3 Å². The maximum absolute atomic E-state index is 12.8. The van der Waals surface area contributed by atoms with E-state index in [1.807, 2.05) is 28.9 Å². The predicted molar refractivity (Wildman–Crippen MR) is 133 cm³/mol. The van der Waals surface area contributed by atoms with Crippen molar-refractivity contribution in [3.8, 4) is 0 Å². The molecule has 0 unspecified atom stereocenters. The number of esters is 1. The number of likely N-dealkylation sites (tertiary alicyclic amines) is 1. The second kappa shape index (κ2) is 9.88. The van der Waals surface area contributed by atoms with Crippen LogP contribution in [-0.2, 0) is 20.0 Å². The third kappa shape index (κ3) is 5.33. The molecule has 3 aromatic rings. The number of thioether (sulfide) groups is 1. The smallest absolute Gasteiger partial charge is 0.411 e. The molecular weight excluding hydrogens is 474 g/mol. The van der Waals surface area contributed by atoms with E-state index in [1.165, 1.54) is 17.6 Å². The fourth-order valence-electron chi connectivity index (χ4n) is 4.07. The van der Waals surface area contributed by atoms with Gasteiger partial charge in [0.2, 0.25) is 0 Å². The molecule has 0 saturated carbocycles. The molecule has 1 fully saturated rings. The van der Waals surface area contributed by atoms with E-state index in [-0.39, 0.29) is 12.6 Å². The van der Waals surface area contributed by atoms with Gasteiger partial charge in [0, 0.05) is 29.0 Å². The zero-order valence-electron chi connectivity index (χ0n) is 19.7. The van der Waals surface area contributed by atoms with E-state index in [4.69, 9.17) is 21.1 Å². The summed E-state index contributed by atoms with van der Waals surface area (Å²) in [6, 6.07) is 13.3. The molecule has 0 bridgehead atoms. The number of methoxy groups -OCH3 is 1. The van der Waals surface area contributed by atoms with Gasteiger partial charge in [-0.25, -0.2) is 9.59 Å². The monoisotopic (exact) mass is 501 g/mol. The first-order valence-corrected chi connectivity index (χ1v) is 12.4. The van der Waals surface area contributed by atoms with Crippen molar-refractivity contribution in [3.05, 3.63) is 59.2 Å². The molecule has 0 N–H and O–H groups in total. The Kier molecular flexibility index (Phi) is 7.09. The van der Waals surface area contributed by atoms with Crippen LogP contribution in [0.5, 0.6) is 0 Å². The van der Waals surface area contributed by atoms with Crippen LogP contribution in [0, 0.1) is 0 Å². The van der Waals surface area contributed by atoms with Crippen LogP contribution in [-0.4, -0.2) is 52.0 Å². The van der Waals surface area contributed by atoms with Crippen LogP contribution in [0.25, 0.3) is 10.9 Å². The topological polar surface area (TPSA) is 73.7 Å². The van der Waals surface area contributed by atoms with Crippen LogP contribution in [0.2, 0.25) is 5.02 Å². The highest BCUT2D eigenvalue weighted by Gasteiger charge is 2.43. The number of nitrogens with zero attached hydrogens (tertiary/aromatic N) is 3. The van der Waals surface area contributed by atoms with Gasteiger partial charge >= 0.3 is 12.1 Å². The third-order valence-corrected chi connectivity index (χ3v) is 6.97. The minimum atomic E-state index is -0.741. The minimum Gasteiger partial charge on any atom is -0.467 e. The number of benzene rings is 2. The lowest BCUT2D eigenvalue weighted by molar-refractivity contribution is -0.145. The highest BCUT2D eigenvalue weighted by Crippen LogP contribution is 2.36. The Labute approximate surface area is 208 Å². The summed E-state index contributed by atoms with van der Waals surface area (Å²) >= 11 is 8.29. The molecule has 2 heterocycles. The number of fused-ring (bicyclic) bond motifs is 1. The zero-order chi connectivity index (χ0) is 24.5. The summed E-state index contributed by atoms with van der Waals surface area (Å²) in [6.45, 7) is 5.67. The quantitative estimate of drug-likeness (QED) is 0.329. The zero-order valence-corrected chi connectivity index (χ0v) is 21.2. The van der Waals surface area contributed by atoms with Gasteiger partial charge in [0.05, 0.1) is 29.9 Å². The summed E-state index contributed by atoms with van der Waals surface area (Å²) < 4.78 is 12.4. The number of ether oxygens (including phenoxy) is 2. The van der Waals surface area contributed by atoms with Gasteiger partial charge in [-0.2, -0.15) is 5.10 Å². The summed E-state index contributed by atoms with van der Waals surface area (Å²) in [6.07, 6.45) is 1.56. The maximum atomic E-state index is 12.8. The molecule has 1 saturated heterocycles. The van der Waals surface area contributed by atoms with Crippen molar-refractivity contribution in [2.75, 3.05) is 13.7 Å². The van der Waals surface area contributed by atoms with E-state index >= 15 is 0 Å². The molecule has 1 aliphatic rings. The Morgan fingerprint density at radius 3 is 2.62 bits per heavy atom. The van der Waals surface area contributed by atoms with Gasteiger partial charge in [0.25, 0.3) is 0 Å². The van der Waals surface area contributed by atoms with Crippen LogP contribution in [0.15, 0.2) is 53.6 Å². The van der Waals surface area contributed by atoms with Crippen LogP contribution in [0.3, 0.4) is 0 Å². The summed E-state index contributed by atoms with van der Waals surface area (Å²) in [4.78, 5) is 27.8. The number of carbonyl (C=O) groups excluding carboxylic acids is 2. The fourth-order valence-corrected chi connectivity index (χ4v) is 5.32. The predicted octanol–water partition coefficient (Wildman–Crippen LogP) is 5.71. The Morgan fingerprint density at radius 2 is 1.94 bits per heavy atom. The third-order valence-electron chi connectivity index (χ3n) is 5.61. The van der Waals surface area contributed by atoms with E-state index in [9.17, 15) is 9.59 Å². The lowest BCUT2D eigenvalue weighted by atomic mass is 10.1. The van der Waals surface area contributed by atoms with Gasteiger partial charge in [-0.15, -0.1) is 11.8 Å². The normalized spacial score (nSPS) is 18.3. The number of rotatable bonds is 5. The van der Waals surface area contributed by atoms with Gasteiger partial charge in [0.15, 0.2) is 0 Å². The van der Waals surface area contributed by atoms with Crippen molar-refractivity contribution in [2.24, 2.45) is 0 Å². The first-order chi connectivity index (χ1) is 16.2. The van der Waals surface area contributed by atoms with Crippen LogP contribution in [0.1, 0.15) is 38.8 Å². The molecule has 9 heteroatoms. The molecular formula is C25H28ClN3O4S. The van der Waals surface area contributed by atoms with Crippen molar-refractivity contribution in [1.29, 1.82) is 0 Å². The van der Waals surface area contributed by atoms with Crippen molar-refractivity contribution in [1.82, 2.24) is 14.7 Å².